The van der Waals surface area contributed by atoms with E-state index in [2.05, 4.69) is 5.10 Å². The van der Waals surface area contributed by atoms with E-state index in [0.29, 0.717) is 30.9 Å². The smallest absolute Gasteiger partial charge is 0.410 e. The van der Waals surface area contributed by atoms with Crippen LogP contribution in [0.4, 0.5) is 4.79 Å². The summed E-state index contributed by atoms with van der Waals surface area (Å²) in [7, 11) is 1.69. The van der Waals surface area contributed by atoms with Crippen LogP contribution in [0.3, 0.4) is 0 Å². The standard InChI is InChI=1S/C15H25N3O4/c1-7-18(14(20)22-15(3,4)5)9-11(2)21-13-8-12(10-19)16-17(13)6/h8,10-11H,7,9H2,1-6H3/t11-/m0/s1. The van der Waals surface area contributed by atoms with Crippen LogP contribution in [0.15, 0.2) is 6.07 Å². The quantitative estimate of drug-likeness (QED) is 0.753. The molecule has 0 aliphatic rings. The van der Waals surface area contributed by atoms with Gasteiger partial charge in [-0.2, -0.15) is 5.10 Å². The zero-order valence-electron chi connectivity index (χ0n) is 14.1. The number of aryl methyl sites for hydroxylation is 1. The first-order valence-corrected chi connectivity index (χ1v) is 7.30. The van der Waals surface area contributed by atoms with Crippen LogP contribution >= 0.6 is 0 Å². The number of aldehydes is 1. The van der Waals surface area contributed by atoms with E-state index in [1.165, 1.54) is 4.68 Å². The molecule has 0 N–H and O–H groups in total. The van der Waals surface area contributed by atoms with Gasteiger partial charge in [-0.3, -0.25) is 4.79 Å². The predicted molar refractivity (Wildman–Crippen MR) is 82.2 cm³/mol. The van der Waals surface area contributed by atoms with Gasteiger partial charge in [-0.15, -0.1) is 0 Å². The Morgan fingerprint density at radius 3 is 2.59 bits per heavy atom. The van der Waals surface area contributed by atoms with Crippen molar-refractivity contribution in [2.45, 2.75) is 46.3 Å². The number of carbonyl (C=O) groups excluding carboxylic acids is 2. The number of rotatable bonds is 6. The Hall–Kier alpha value is -2.05. The van der Waals surface area contributed by atoms with Crippen LogP contribution in [0.5, 0.6) is 5.88 Å². The summed E-state index contributed by atoms with van der Waals surface area (Å²) in [5.74, 6) is 0.481. The highest BCUT2D eigenvalue weighted by Gasteiger charge is 2.23. The monoisotopic (exact) mass is 311 g/mol. The van der Waals surface area contributed by atoms with E-state index < -0.39 is 5.60 Å². The highest BCUT2D eigenvalue weighted by molar-refractivity contribution is 5.72. The summed E-state index contributed by atoms with van der Waals surface area (Å²) in [6, 6.07) is 1.56. The minimum atomic E-state index is -0.532. The van der Waals surface area contributed by atoms with E-state index in [-0.39, 0.29) is 12.2 Å². The summed E-state index contributed by atoms with van der Waals surface area (Å²) < 4.78 is 12.6. The summed E-state index contributed by atoms with van der Waals surface area (Å²) in [6.45, 7) is 10.1. The zero-order chi connectivity index (χ0) is 16.9. The van der Waals surface area contributed by atoms with Crippen molar-refractivity contribution < 1.29 is 19.1 Å². The Kier molecular flexibility index (Phi) is 5.96. The van der Waals surface area contributed by atoms with Gasteiger partial charge in [-0.25, -0.2) is 9.48 Å². The molecule has 124 valence electrons. The van der Waals surface area contributed by atoms with E-state index in [4.69, 9.17) is 9.47 Å². The molecule has 0 fully saturated rings. The van der Waals surface area contributed by atoms with Gasteiger partial charge in [-0.05, 0) is 34.6 Å². The van der Waals surface area contributed by atoms with Gasteiger partial charge in [0.05, 0.1) is 6.54 Å². The lowest BCUT2D eigenvalue weighted by Crippen LogP contribution is -2.41. The van der Waals surface area contributed by atoms with Gasteiger partial charge >= 0.3 is 6.09 Å². The van der Waals surface area contributed by atoms with Crippen LogP contribution < -0.4 is 4.74 Å². The largest absolute Gasteiger partial charge is 0.473 e. The van der Waals surface area contributed by atoms with Gasteiger partial charge in [0, 0.05) is 19.7 Å². The van der Waals surface area contributed by atoms with Crippen molar-refractivity contribution in [1.82, 2.24) is 14.7 Å². The molecule has 0 unspecified atom stereocenters. The van der Waals surface area contributed by atoms with Crippen LogP contribution in [0.25, 0.3) is 0 Å². The Morgan fingerprint density at radius 1 is 1.50 bits per heavy atom. The predicted octanol–water partition coefficient (Wildman–Crippen LogP) is 2.26. The number of carbonyl (C=O) groups is 2. The van der Waals surface area contributed by atoms with E-state index in [1.54, 1.807) is 18.0 Å². The fourth-order valence-electron chi connectivity index (χ4n) is 1.85. The lowest BCUT2D eigenvalue weighted by Gasteiger charge is -2.28. The van der Waals surface area contributed by atoms with E-state index in [0.717, 1.165) is 0 Å². The maximum atomic E-state index is 12.1. The summed E-state index contributed by atoms with van der Waals surface area (Å²) >= 11 is 0. The lowest BCUT2D eigenvalue weighted by atomic mass is 10.2. The molecule has 0 aromatic carbocycles. The molecule has 0 saturated heterocycles. The van der Waals surface area contributed by atoms with Crippen LogP contribution in [-0.4, -0.2) is 51.9 Å². The minimum absolute atomic E-state index is 0.262. The summed E-state index contributed by atoms with van der Waals surface area (Å²) in [5, 5.41) is 3.98. The maximum absolute atomic E-state index is 12.1. The molecule has 0 radical (unpaired) electrons. The van der Waals surface area contributed by atoms with E-state index in [9.17, 15) is 9.59 Å². The average Bonchev–Trinajstić information content (AvgIpc) is 2.74. The molecule has 1 aromatic heterocycles. The Bertz CT molecular complexity index is 519. The topological polar surface area (TPSA) is 73.7 Å². The second kappa shape index (κ2) is 7.29. The van der Waals surface area contributed by atoms with Crippen molar-refractivity contribution in [3.8, 4) is 5.88 Å². The van der Waals surface area contributed by atoms with Gasteiger partial charge in [0.2, 0.25) is 5.88 Å². The van der Waals surface area contributed by atoms with Crippen molar-refractivity contribution in [1.29, 1.82) is 0 Å². The molecule has 1 aromatic rings. The third-order valence-corrected chi connectivity index (χ3v) is 2.81. The zero-order valence-corrected chi connectivity index (χ0v) is 14.1. The highest BCUT2D eigenvalue weighted by atomic mass is 16.6. The molecular formula is C15H25N3O4. The molecule has 0 spiro atoms. The second-order valence-corrected chi connectivity index (χ2v) is 6.10. The molecule has 1 heterocycles. The minimum Gasteiger partial charge on any atom is -0.473 e. The number of hydrogen-bond acceptors (Lipinski definition) is 5. The molecule has 0 aliphatic carbocycles. The first kappa shape index (κ1) is 18.0. The maximum Gasteiger partial charge on any atom is 0.410 e. The Balaban J connectivity index is 2.64. The molecule has 7 nitrogen and oxygen atoms in total. The first-order chi connectivity index (χ1) is 10.2. The number of nitrogens with zero attached hydrogens (tertiary/aromatic N) is 3. The third-order valence-electron chi connectivity index (χ3n) is 2.81. The molecule has 22 heavy (non-hydrogen) atoms. The summed E-state index contributed by atoms with van der Waals surface area (Å²) in [6.07, 6.45) is 0.0303. The van der Waals surface area contributed by atoms with Gasteiger partial charge in [0.25, 0.3) is 0 Å². The SMILES string of the molecule is CCN(C[C@H](C)Oc1cc(C=O)nn1C)C(=O)OC(C)(C)C. The average molecular weight is 311 g/mol. The van der Waals surface area contributed by atoms with Gasteiger partial charge in [0.1, 0.15) is 17.4 Å². The number of aromatic nitrogens is 2. The highest BCUT2D eigenvalue weighted by Crippen LogP contribution is 2.14. The molecule has 7 heteroatoms. The second-order valence-electron chi connectivity index (χ2n) is 6.10. The van der Waals surface area contributed by atoms with Crippen LogP contribution in [-0.2, 0) is 11.8 Å². The molecule has 1 amide bonds. The Morgan fingerprint density at radius 2 is 2.14 bits per heavy atom. The number of hydrogen-bond donors (Lipinski definition) is 0. The fourth-order valence-corrected chi connectivity index (χ4v) is 1.85. The molecule has 0 aliphatic heterocycles. The number of amides is 1. The van der Waals surface area contributed by atoms with E-state index in [1.807, 2.05) is 34.6 Å². The molecular weight excluding hydrogens is 286 g/mol. The molecule has 0 saturated carbocycles. The lowest BCUT2D eigenvalue weighted by molar-refractivity contribution is 0.0187. The van der Waals surface area contributed by atoms with Crippen molar-refractivity contribution in [3.63, 3.8) is 0 Å². The summed E-state index contributed by atoms with van der Waals surface area (Å²) in [5.41, 5.74) is -0.223. The molecule has 1 atom stereocenters. The van der Waals surface area contributed by atoms with Crippen LogP contribution in [0.1, 0.15) is 45.1 Å². The number of ether oxygens (including phenoxy) is 2. The van der Waals surface area contributed by atoms with Crippen molar-refractivity contribution in [2.75, 3.05) is 13.1 Å². The van der Waals surface area contributed by atoms with Crippen molar-refractivity contribution in [3.05, 3.63) is 11.8 Å². The molecule has 0 bridgehead atoms. The van der Waals surface area contributed by atoms with Gasteiger partial charge in [-0.1, -0.05) is 0 Å². The molecule has 1 rings (SSSR count). The van der Waals surface area contributed by atoms with Gasteiger partial charge in [0.15, 0.2) is 6.29 Å². The first-order valence-electron chi connectivity index (χ1n) is 7.30. The summed E-state index contributed by atoms with van der Waals surface area (Å²) in [4.78, 5) is 24.4. The van der Waals surface area contributed by atoms with Crippen molar-refractivity contribution >= 4 is 12.4 Å². The normalized spacial score (nSPS) is 12.6. The fraction of sp³-hybridized carbons (Fsp3) is 0.667. The van der Waals surface area contributed by atoms with Crippen LogP contribution in [0, 0.1) is 0 Å². The van der Waals surface area contributed by atoms with E-state index >= 15 is 0 Å². The van der Waals surface area contributed by atoms with Crippen molar-refractivity contribution in [2.24, 2.45) is 7.05 Å². The number of likely N-dealkylation sites (N-methyl/N-ethyl adjacent to an activating group) is 1. The van der Waals surface area contributed by atoms with Crippen LogP contribution in [0.2, 0.25) is 0 Å². The Labute approximate surface area is 131 Å². The third kappa shape index (κ3) is 5.38. The van der Waals surface area contributed by atoms with Gasteiger partial charge < -0.3 is 14.4 Å².